The molecule has 6 aromatic carbocycles. The number of para-hydroxylation sites is 1. The molecule has 0 atom stereocenters. The maximum atomic E-state index is 9.92. The summed E-state index contributed by atoms with van der Waals surface area (Å²) in [5.74, 6) is 0.183. The zero-order valence-electron chi connectivity index (χ0n) is 31.7. The second-order valence-electron chi connectivity index (χ2n) is 10.8. The number of benzene rings is 6. The molecule has 0 amide bonds. The maximum Gasteiger partial charge on any atom is 0.130 e. The van der Waals surface area contributed by atoms with Crippen molar-refractivity contribution in [2.24, 2.45) is 0 Å². The van der Waals surface area contributed by atoms with Crippen molar-refractivity contribution in [3.8, 4) is 39.4 Å². The first kappa shape index (κ1) is 17.7. The summed E-state index contributed by atoms with van der Waals surface area (Å²) in [5, 5.41) is 1.93. The lowest BCUT2D eigenvalue weighted by atomic mass is 9.99. The molecule has 0 saturated heterocycles. The van der Waals surface area contributed by atoms with Crippen LogP contribution in [0, 0.1) is 3.57 Å². The Morgan fingerprint density at radius 2 is 1.38 bits per heavy atom. The van der Waals surface area contributed by atoms with Gasteiger partial charge in [-0.25, -0.2) is 0 Å². The maximum absolute atomic E-state index is 9.92. The smallest absolute Gasteiger partial charge is 0.130 e. The van der Waals surface area contributed by atoms with E-state index in [0.717, 1.165) is 0 Å². The highest BCUT2D eigenvalue weighted by Gasteiger charge is 2.30. The molecule has 0 fully saturated rings. The molecule has 42 heavy (non-hydrogen) atoms. The summed E-state index contributed by atoms with van der Waals surface area (Å²) in [6, 6.07) is 22.4. The van der Waals surface area contributed by atoms with Crippen LogP contribution in [0.5, 0.6) is 11.5 Å². The highest BCUT2D eigenvalue weighted by Crippen LogP contribution is 2.40. The SMILES string of the molecule is [2H]c1c2cc(c([2H])c1I)-n1c3cc(c([2H])c(-c4ccccc4)c3c3c([2H])c([2H])c([2H])c([2H])c31)[Si](C)(C)c1cc(c([2H])c(-c3ccccc3)c1[2H])O2. The number of hydrogen-bond acceptors (Lipinski definition) is 1. The molecule has 2 heterocycles. The Hall–Kier alpha value is -4.13. The lowest BCUT2D eigenvalue weighted by Crippen LogP contribution is -2.53. The van der Waals surface area contributed by atoms with E-state index in [0.29, 0.717) is 43.5 Å². The van der Waals surface area contributed by atoms with Crippen LogP contribution >= 0.6 is 22.6 Å². The van der Waals surface area contributed by atoms with Gasteiger partial charge in [-0.1, -0.05) is 114 Å². The van der Waals surface area contributed by atoms with Gasteiger partial charge in [0.2, 0.25) is 0 Å². The number of rotatable bonds is 2. The van der Waals surface area contributed by atoms with Gasteiger partial charge in [0.1, 0.15) is 19.6 Å². The van der Waals surface area contributed by atoms with Crippen molar-refractivity contribution in [2.75, 3.05) is 0 Å². The number of hydrogen-bond donors (Lipinski definition) is 0. The third-order valence-corrected chi connectivity index (χ3v) is 11.7. The molecule has 0 radical (unpaired) electrons. The summed E-state index contributed by atoms with van der Waals surface area (Å²) in [5.41, 5.74) is 3.04. The van der Waals surface area contributed by atoms with Gasteiger partial charge in [-0.05, 0) is 81.1 Å². The Bertz CT molecular complexity index is 2640. The number of aromatic nitrogens is 1. The van der Waals surface area contributed by atoms with Crippen LogP contribution in [0.1, 0.15) is 12.3 Å². The molecule has 0 saturated carbocycles. The van der Waals surface area contributed by atoms with Crippen LogP contribution in [-0.4, -0.2) is 12.6 Å². The molecule has 1 aliphatic rings. The first-order valence-corrected chi connectivity index (χ1v) is 17.7. The fourth-order valence-electron chi connectivity index (χ4n) is 5.70. The molecule has 6 bridgehead atoms. The number of ether oxygens (including phenoxy) is 1. The fraction of sp³-hybridized carbons (Fsp3) is 0.0526. The van der Waals surface area contributed by atoms with Gasteiger partial charge in [0.05, 0.1) is 29.1 Å². The van der Waals surface area contributed by atoms with Gasteiger partial charge < -0.3 is 9.30 Å². The third kappa shape index (κ3) is 4.12. The van der Waals surface area contributed by atoms with E-state index in [9.17, 15) is 6.85 Å². The Morgan fingerprint density at radius 1 is 0.690 bits per heavy atom. The van der Waals surface area contributed by atoms with Gasteiger partial charge in [-0.3, -0.25) is 0 Å². The van der Waals surface area contributed by atoms with E-state index < -0.39 is 20.2 Å². The number of halogens is 1. The largest absolute Gasteiger partial charge is 0.457 e. The van der Waals surface area contributed by atoms with Crippen LogP contribution < -0.4 is 15.1 Å². The summed E-state index contributed by atoms with van der Waals surface area (Å²) >= 11 is 1.92. The number of fused-ring (bicyclic) bond motifs is 9. The van der Waals surface area contributed by atoms with Crippen LogP contribution in [0.15, 0.2) is 133 Å². The predicted molar refractivity (Wildman–Crippen MR) is 188 cm³/mol. The van der Waals surface area contributed by atoms with Gasteiger partial charge in [0.15, 0.2) is 0 Å². The second kappa shape index (κ2) is 9.72. The quantitative estimate of drug-likeness (QED) is 0.131. The topological polar surface area (TPSA) is 14.2 Å². The summed E-state index contributed by atoms with van der Waals surface area (Å²) < 4.78 is 91.2. The first-order chi connectivity index (χ1) is 24.2. The molecule has 0 N–H and O–H groups in total. The average Bonchev–Trinajstić information content (AvgIpc) is 3.45. The van der Waals surface area contributed by atoms with Crippen LogP contribution in [0.2, 0.25) is 13.1 Å². The molecule has 0 unspecified atom stereocenters. The molecule has 8 rings (SSSR count). The summed E-state index contributed by atoms with van der Waals surface area (Å²) in [7, 11) is -3.12. The monoisotopic (exact) mass is 678 g/mol. The minimum absolute atomic E-state index is 0.0320. The summed E-state index contributed by atoms with van der Waals surface area (Å²) in [6.45, 7) is 4.08. The molecule has 0 aliphatic carbocycles. The minimum atomic E-state index is -3.12. The standard InChI is InChI=1S/C38H28INOSi/c1-42(2)32-18-27(25-11-5-3-6-12-25)17-30(22-32)41-31-20-28(39)19-29(21-31)40-36-16-10-9-15-34(36)38-35(23-33(42)24-37(38)40)26-13-7-4-8-14-26/h3-24H,1-2H3/i9D,10D,15D,16D,17D,18D,19D,20D,23D. The van der Waals surface area contributed by atoms with Crippen molar-refractivity contribution in [2.45, 2.75) is 13.1 Å². The van der Waals surface area contributed by atoms with Gasteiger partial charge in [-0.2, -0.15) is 0 Å². The van der Waals surface area contributed by atoms with Crippen molar-refractivity contribution in [3.05, 3.63) is 137 Å². The van der Waals surface area contributed by atoms with Crippen molar-refractivity contribution in [1.82, 2.24) is 4.57 Å². The summed E-state index contributed by atoms with van der Waals surface area (Å²) in [4.78, 5) is 0. The molecule has 1 aromatic heterocycles. The van der Waals surface area contributed by atoms with E-state index in [1.165, 1.54) is 6.07 Å². The number of nitrogens with zero attached hydrogens (tertiary/aromatic N) is 1. The average molecular weight is 679 g/mol. The molecule has 2 nitrogen and oxygen atoms in total. The fourth-order valence-corrected chi connectivity index (χ4v) is 8.40. The Balaban J connectivity index is 1.68. The molecule has 7 aromatic rings. The van der Waals surface area contributed by atoms with Crippen LogP contribution in [0.4, 0.5) is 0 Å². The Morgan fingerprint density at radius 3 is 2.17 bits per heavy atom. The lowest BCUT2D eigenvalue weighted by molar-refractivity contribution is 0.482. The van der Waals surface area contributed by atoms with Gasteiger partial charge >= 0.3 is 0 Å². The van der Waals surface area contributed by atoms with E-state index in [1.807, 2.05) is 102 Å². The molecule has 4 heteroatoms. The van der Waals surface area contributed by atoms with Crippen molar-refractivity contribution >= 4 is 62.8 Å². The normalized spacial score (nSPS) is 16.5. The van der Waals surface area contributed by atoms with Crippen molar-refractivity contribution < 1.29 is 17.1 Å². The second-order valence-corrected chi connectivity index (χ2v) is 16.2. The Kier molecular flexibility index (Phi) is 4.10. The van der Waals surface area contributed by atoms with Gasteiger partial charge in [-0.15, -0.1) is 0 Å². The molecule has 0 spiro atoms. The van der Waals surface area contributed by atoms with Crippen LogP contribution in [-0.2, 0) is 0 Å². The highest BCUT2D eigenvalue weighted by atomic mass is 127. The molecule has 1 aliphatic heterocycles. The van der Waals surface area contributed by atoms with Crippen molar-refractivity contribution in [1.29, 1.82) is 0 Å². The predicted octanol–water partition coefficient (Wildman–Crippen LogP) is 9.65. The zero-order chi connectivity index (χ0) is 36.3. The zero-order valence-corrected chi connectivity index (χ0v) is 25.9. The van der Waals surface area contributed by atoms with Gasteiger partial charge in [0.25, 0.3) is 0 Å². The lowest BCUT2D eigenvalue weighted by Gasteiger charge is -2.27. The third-order valence-electron chi connectivity index (χ3n) is 7.88. The van der Waals surface area contributed by atoms with E-state index in [1.54, 1.807) is 10.6 Å². The Labute approximate surface area is 273 Å². The molecular weight excluding hydrogens is 641 g/mol. The van der Waals surface area contributed by atoms with Crippen LogP contribution in [0.3, 0.4) is 0 Å². The highest BCUT2D eigenvalue weighted by molar-refractivity contribution is 14.1. The van der Waals surface area contributed by atoms with E-state index in [-0.39, 0.29) is 74.0 Å². The molecule has 202 valence electrons. The van der Waals surface area contributed by atoms with E-state index in [4.69, 9.17) is 10.2 Å². The minimum Gasteiger partial charge on any atom is -0.457 e. The summed E-state index contributed by atoms with van der Waals surface area (Å²) in [6.07, 6.45) is 0. The van der Waals surface area contributed by atoms with Crippen molar-refractivity contribution in [3.63, 3.8) is 0 Å². The van der Waals surface area contributed by atoms with E-state index >= 15 is 0 Å². The molecular formula is C38H28INOSi. The van der Waals surface area contributed by atoms with Gasteiger partial charge in [0, 0.05) is 20.4 Å². The van der Waals surface area contributed by atoms with E-state index in [2.05, 4.69) is 0 Å². The first-order valence-electron chi connectivity index (χ1n) is 18.1. The van der Waals surface area contributed by atoms with Crippen LogP contribution in [0.25, 0.3) is 49.7 Å².